The van der Waals surface area contributed by atoms with Crippen LogP contribution in [0, 0.1) is 0 Å². The SMILES string of the molecule is CCNC(=O)CN=C(NCCc1ccco1)Nc1ccc(OC(C)C)cc1.I. The van der Waals surface area contributed by atoms with Crippen LogP contribution in [0.4, 0.5) is 5.69 Å². The minimum atomic E-state index is -0.120. The molecule has 0 atom stereocenters. The topological polar surface area (TPSA) is 87.9 Å². The monoisotopic (exact) mass is 500 g/mol. The Hall–Kier alpha value is -2.23. The molecule has 0 saturated carbocycles. The summed E-state index contributed by atoms with van der Waals surface area (Å²) in [6.07, 6.45) is 2.50. The predicted molar refractivity (Wildman–Crippen MR) is 123 cm³/mol. The highest BCUT2D eigenvalue weighted by atomic mass is 127. The first-order valence-corrected chi connectivity index (χ1v) is 9.18. The van der Waals surface area contributed by atoms with Gasteiger partial charge in [0.1, 0.15) is 18.1 Å². The third-order valence-corrected chi connectivity index (χ3v) is 3.49. The molecule has 3 N–H and O–H groups in total. The van der Waals surface area contributed by atoms with Gasteiger partial charge in [-0.15, -0.1) is 24.0 Å². The average molecular weight is 500 g/mol. The van der Waals surface area contributed by atoms with Crippen LogP contribution in [0.2, 0.25) is 0 Å². The van der Waals surface area contributed by atoms with E-state index in [1.165, 1.54) is 0 Å². The van der Waals surface area contributed by atoms with Gasteiger partial charge in [-0.1, -0.05) is 0 Å². The Morgan fingerprint density at radius 1 is 1.18 bits per heavy atom. The van der Waals surface area contributed by atoms with Gasteiger partial charge < -0.3 is 25.1 Å². The summed E-state index contributed by atoms with van der Waals surface area (Å²) in [6.45, 7) is 7.12. The van der Waals surface area contributed by atoms with Crippen LogP contribution >= 0.6 is 24.0 Å². The first kappa shape index (κ1) is 23.8. The van der Waals surface area contributed by atoms with E-state index in [2.05, 4.69) is 20.9 Å². The van der Waals surface area contributed by atoms with Crippen molar-refractivity contribution >= 4 is 41.5 Å². The Morgan fingerprint density at radius 2 is 1.93 bits per heavy atom. The van der Waals surface area contributed by atoms with Gasteiger partial charge >= 0.3 is 0 Å². The zero-order valence-corrected chi connectivity index (χ0v) is 18.9. The lowest BCUT2D eigenvalue weighted by atomic mass is 10.3. The number of hydrogen-bond donors (Lipinski definition) is 3. The van der Waals surface area contributed by atoms with Gasteiger partial charge in [0.15, 0.2) is 5.96 Å². The van der Waals surface area contributed by atoms with Gasteiger partial charge in [-0.3, -0.25) is 4.79 Å². The maximum Gasteiger partial charge on any atom is 0.241 e. The number of benzene rings is 1. The molecule has 0 bridgehead atoms. The number of halogens is 1. The molecule has 8 heteroatoms. The van der Waals surface area contributed by atoms with Gasteiger partial charge in [0.05, 0.1) is 12.4 Å². The van der Waals surface area contributed by atoms with Crippen LogP contribution < -0.4 is 20.7 Å². The highest BCUT2D eigenvalue weighted by molar-refractivity contribution is 14.0. The second kappa shape index (κ2) is 13.0. The molecular formula is C20H29IN4O3. The van der Waals surface area contributed by atoms with E-state index in [0.717, 1.165) is 23.6 Å². The third-order valence-electron chi connectivity index (χ3n) is 3.49. The van der Waals surface area contributed by atoms with Crippen LogP contribution in [0.3, 0.4) is 0 Å². The Balaban J connectivity index is 0.00000392. The van der Waals surface area contributed by atoms with Crippen molar-refractivity contribution in [2.45, 2.75) is 33.3 Å². The van der Waals surface area contributed by atoms with Gasteiger partial charge in [-0.05, 0) is 57.2 Å². The quantitative estimate of drug-likeness (QED) is 0.279. The number of furan rings is 1. The fourth-order valence-corrected chi connectivity index (χ4v) is 2.33. The van der Waals surface area contributed by atoms with Crippen LogP contribution in [0.25, 0.3) is 0 Å². The van der Waals surface area contributed by atoms with Crippen molar-refractivity contribution in [1.82, 2.24) is 10.6 Å². The third kappa shape index (κ3) is 9.12. The number of amides is 1. The second-order valence-electron chi connectivity index (χ2n) is 6.19. The molecule has 1 aromatic carbocycles. The molecule has 28 heavy (non-hydrogen) atoms. The van der Waals surface area contributed by atoms with E-state index in [0.29, 0.717) is 19.0 Å². The van der Waals surface area contributed by atoms with Crippen LogP contribution in [0.1, 0.15) is 26.5 Å². The van der Waals surface area contributed by atoms with Crippen molar-refractivity contribution in [3.05, 3.63) is 48.4 Å². The molecule has 0 aliphatic carbocycles. The van der Waals surface area contributed by atoms with Crippen molar-refractivity contribution in [2.75, 3.05) is 25.0 Å². The van der Waals surface area contributed by atoms with Gasteiger partial charge in [0.25, 0.3) is 0 Å². The number of nitrogens with one attached hydrogen (secondary N) is 3. The van der Waals surface area contributed by atoms with Crippen LogP contribution in [-0.4, -0.2) is 37.6 Å². The molecule has 1 amide bonds. The molecule has 0 unspecified atom stereocenters. The Kier molecular flexibility index (Phi) is 11.1. The van der Waals surface area contributed by atoms with E-state index in [-0.39, 0.29) is 42.5 Å². The number of anilines is 1. The molecule has 1 heterocycles. The van der Waals surface area contributed by atoms with E-state index in [4.69, 9.17) is 9.15 Å². The highest BCUT2D eigenvalue weighted by Gasteiger charge is 2.05. The smallest absolute Gasteiger partial charge is 0.241 e. The number of carbonyl (C=O) groups is 1. The number of nitrogens with zero attached hydrogens (tertiary/aromatic N) is 1. The number of hydrogen-bond acceptors (Lipinski definition) is 4. The van der Waals surface area contributed by atoms with Crippen LogP contribution in [0.5, 0.6) is 5.75 Å². The Bertz CT molecular complexity index is 716. The molecule has 1 aromatic heterocycles. The summed E-state index contributed by atoms with van der Waals surface area (Å²) >= 11 is 0. The van der Waals surface area contributed by atoms with Gasteiger partial charge in [0.2, 0.25) is 5.91 Å². The van der Waals surface area contributed by atoms with Crippen molar-refractivity contribution in [3.63, 3.8) is 0 Å². The van der Waals surface area contributed by atoms with Crippen molar-refractivity contribution in [3.8, 4) is 5.75 Å². The molecule has 0 radical (unpaired) electrons. The van der Waals surface area contributed by atoms with E-state index < -0.39 is 0 Å². The summed E-state index contributed by atoms with van der Waals surface area (Å²) in [5.74, 6) is 2.11. The lowest BCUT2D eigenvalue weighted by molar-refractivity contribution is -0.119. The van der Waals surface area contributed by atoms with Gasteiger partial charge in [-0.25, -0.2) is 4.99 Å². The normalized spacial score (nSPS) is 10.9. The first-order valence-electron chi connectivity index (χ1n) is 9.18. The van der Waals surface area contributed by atoms with E-state index in [1.807, 2.05) is 57.2 Å². The standard InChI is InChI=1S/C20H28N4O3.HI/c1-4-21-19(25)14-23-20(22-12-11-17-6-5-13-26-17)24-16-7-9-18(10-8-16)27-15(2)3;/h5-10,13,15H,4,11-12,14H2,1-3H3,(H,21,25)(H2,22,23,24);1H. The summed E-state index contributed by atoms with van der Waals surface area (Å²) in [5.41, 5.74) is 0.853. The van der Waals surface area contributed by atoms with E-state index in [1.54, 1.807) is 6.26 Å². The highest BCUT2D eigenvalue weighted by Crippen LogP contribution is 2.16. The first-order chi connectivity index (χ1) is 13.1. The van der Waals surface area contributed by atoms with E-state index in [9.17, 15) is 4.79 Å². The summed E-state index contributed by atoms with van der Waals surface area (Å²) < 4.78 is 11.0. The number of aliphatic imine (C=N–C) groups is 1. The van der Waals surface area contributed by atoms with Crippen LogP contribution in [0.15, 0.2) is 52.1 Å². The zero-order chi connectivity index (χ0) is 19.5. The molecule has 0 aliphatic rings. The molecule has 154 valence electrons. The number of carbonyl (C=O) groups excluding carboxylic acids is 1. The van der Waals surface area contributed by atoms with Gasteiger partial charge in [-0.2, -0.15) is 0 Å². The predicted octanol–water partition coefficient (Wildman–Crippen LogP) is 3.42. The maximum atomic E-state index is 11.7. The van der Waals surface area contributed by atoms with Crippen molar-refractivity contribution in [1.29, 1.82) is 0 Å². The lowest BCUT2D eigenvalue weighted by Crippen LogP contribution is -2.34. The van der Waals surface area contributed by atoms with Gasteiger partial charge in [0, 0.05) is 25.2 Å². The molecule has 0 aliphatic heterocycles. The molecule has 0 fully saturated rings. The molecule has 7 nitrogen and oxygen atoms in total. The number of guanidine groups is 1. The molecule has 0 spiro atoms. The molecule has 2 rings (SSSR count). The molecule has 2 aromatic rings. The lowest BCUT2D eigenvalue weighted by Gasteiger charge is -2.14. The van der Waals surface area contributed by atoms with Crippen molar-refractivity contribution < 1.29 is 13.9 Å². The minimum Gasteiger partial charge on any atom is -0.491 e. The zero-order valence-electron chi connectivity index (χ0n) is 16.5. The number of likely N-dealkylation sites (N-methyl/N-ethyl adjacent to an activating group) is 1. The fourth-order valence-electron chi connectivity index (χ4n) is 2.33. The summed E-state index contributed by atoms with van der Waals surface area (Å²) in [4.78, 5) is 16.1. The Labute approximate surface area is 183 Å². The largest absolute Gasteiger partial charge is 0.491 e. The fraction of sp³-hybridized carbons (Fsp3) is 0.400. The minimum absolute atomic E-state index is 0. The van der Waals surface area contributed by atoms with Crippen molar-refractivity contribution in [2.24, 2.45) is 4.99 Å². The number of ether oxygens (including phenoxy) is 1. The summed E-state index contributed by atoms with van der Waals surface area (Å²) in [6, 6.07) is 11.4. The van der Waals surface area contributed by atoms with E-state index >= 15 is 0 Å². The Morgan fingerprint density at radius 3 is 2.54 bits per heavy atom. The number of rotatable bonds is 9. The second-order valence-corrected chi connectivity index (χ2v) is 6.19. The van der Waals surface area contributed by atoms with Crippen LogP contribution in [-0.2, 0) is 11.2 Å². The maximum absolute atomic E-state index is 11.7. The summed E-state index contributed by atoms with van der Waals surface area (Å²) in [7, 11) is 0. The summed E-state index contributed by atoms with van der Waals surface area (Å²) in [5, 5.41) is 9.16. The average Bonchev–Trinajstić information content (AvgIpc) is 3.14. The molecular weight excluding hydrogens is 471 g/mol. The molecule has 0 saturated heterocycles.